The molecule has 0 unspecified atom stereocenters. The number of nitrogens with zero attached hydrogens (tertiary/aromatic N) is 1. The third-order valence-electron chi connectivity index (χ3n) is 5.05. The fourth-order valence-electron chi connectivity index (χ4n) is 3.36. The number of rotatable bonds is 5. The maximum absolute atomic E-state index is 12.9. The van der Waals surface area contributed by atoms with Crippen LogP contribution < -0.4 is 10.6 Å². The number of nitrogens with one attached hydrogen (secondary N) is 2. The predicted octanol–water partition coefficient (Wildman–Crippen LogP) is 2.21. The predicted molar refractivity (Wildman–Crippen MR) is 111 cm³/mol. The summed E-state index contributed by atoms with van der Waals surface area (Å²) in [6.07, 6.45) is 1.34. The number of hydrogen-bond acceptors (Lipinski definition) is 4. The Hall–Kier alpha value is -2.71. The van der Waals surface area contributed by atoms with E-state index in [0.29, 0.717) is 25.1 Å². The third kappa shape index (κ3) is 4.83. The molecule has 2 aromatic carbocycles. The normalized spacial score (nSPS) is 17.1. The average Bonchev–Trinajstić information content (AvgIpc) is 3.17. The van der Waals surface area contributed by atoms with Crippen LogP contribution in [0.15, 0.2) is 53.4 Å². The Morgan fingerprint density at radius 1 is 1.03 bits per heavy atom. The average molecular weight is 416 g/mol. The van der Waals surface area contributed by atoms with E-state index in [2.05, 4.69) is 10.6 Å². The molecule has 3 rings (SSSR count). The van der Waals surface area contributed by atoms with Gasteiger partial charge < -0.3 is 10.6 Å². The summed E-state index contributed by atoms with van der Waals surface area (Å²) in [5.74, 6) is -1.56. The highest BCUT2D eigenvalue weighted by Gasteiger charge is 2.35. The zero-order valence-corrected chi connectivity index (χ0v) is 17.3. The fourth-order valence-corrected chi connectivity index (χ4v) is 5.05. The molecule has 1 saturated heterocycles. The summed E-state index contributed by atoms with van der Waals surface area (Å²) in [5.41, 5.74) is 2.39. The molecule has 0 aliphatic carbocycles. The first kappa shape index (κ1) is 21.0. The molecule has 1 aliphatic heterocycles. The molecule has 0 spiro atoms. The van der Waals surface area contributed by atoms with Gasteiger partial charge in [-0.1, -0.05) is 35.9 Å². The standard InChI is InChI=1S/C21H25N3O4S/c1-15-9-11-18(12-10-15)29(27,28)24-13-5-7-17(24)14-22-20(25)21(26)23-19-8-4-3-6-16(19)2/h3-4,6,8-12,17H,5,7,13-14H2,1-2H3,(H,22,25)(H,23,26)/t17-/m0/s1. The van der Waals surface area contributed by atoms with E-state index in [-0.39, 0.29) is 17.5 Å². The molecule has 0 aromatic heterocycles. The van der Waals surface area contributed by atoms with Crippen molar-refractivity contribution < 1.29 is 18.0 Å². The van der Waals surface area contributed by atoms with Crippen LogP contribution in [0.2, 0.25) is 0 Å². The van der Waals surface area contributed by atoms with E-state index in [1.165, 1.54) is 4.31 Å². The molecule has 1 aliphatic rings. The monoisotopic (exact) mass is 415 g/mol. The minimum absolute atomic E-state index is 0.0884. The van der Waals surface area contributed by atoms with Crippen LogP contribution in [0.4, 0.5) is 5.69 Å². The minimum atomic E-state index is -3.65. The van der Waals surface area contributed by atoms with Gasteiger partial charge in [-0.3, -0.25) is 9.59 Å². The molecule has 2 aromatic rings. The number of aryl methyl sites for hydroxylation is 2. The van der Waals surface area contributed by atoms with Crippen LogP contribution in [0.25, 0.3) is 0 Å². The van der Waals surface area contributed by atoms with Crippen molar-refractivity contribution in [2.24, 2.45) is 0 Å². The number of hydrogen-bond donors (Lipinski definition) is 2. The molecular formula is C21H25N3O4S. The van der Waals surface area contributed by atoms with Crippen molar-refractivity contribution in [1.82, 2.24) is 9.62 Å². The second-order valence-corrected chi connectivity index (χ2v) is 9.09. The van der Waals surface area contributed by atoms with Gasteiger partial charge >= 0.3 is 11.8 Å². The molecule has 1 heterocycles. The Morgan fingerprint density at radius 2 is 1.72 bits per heavy atom. The lowest BCUT2D eigenvalue weighted by Crippen LogP contribution is -2.45. The second kappa shape index (κ2) is 8.75. The van der Waals surface area contributed by atoms with Gasteiger partial charge in [-0.15, -0.1) is 0 Å². The van der Waals surface area contributed by atoms with Gasteiger partial charge in [0.1, 0.15) is 0 Å². The van der Waals surface area contributed by atoms with Crippen molar-refractivity contribution in [3.63, 3.8) is 0 Å². The number of anilines is 1. The summed E-state index contributed by atoms with van der Waals surface area (Å²) in [6.45, 7) is 4.21. The van der Waals surface area contributed by atoms with E-state index in [0.717, 1.165) is 11.1 Å². The Morgan fingerprint density at radius 3 is 2.41 bits per heavy atom. The van der Waals surface area contributed by atoms with Gasteiger partial charge in [0.2, 0.25) is 10.0 Å². The summed E-state index contributed by atoms with van der Waals surface area (Å²) in [7, 11) is -3.65. The van der Waals surface area contributed by atoms with E-state index in [4.69, 9.17) is 0 Å². The van der Waals surface area contributed by atoms with Gasteiger partial charge in [0.25, 0.3) is 0 Å². The summed E-state index contributed by atoms with van der Waals surface area (Å²) in [6, 6.07) is 13.5. The molecule has 0 bridgehead atoms. The fraction of sp³-hybridized carbons (Fsp3) is 0.333. The zero-order valence-electron chi connectivity index (χ0n) is 16.5. The summed E-state index contributed by atoms with van der Waals surface area (Å²) in [5, 5.41) is 5.14. The molecule has 154 valence electrons. The van der Waals surface area contributed by atoms with Gasteiger partial charge in [0.05, 0.1) is 4.90 Å². The van der Waals surface area contributed by atoms with Gasteiger partial charge in [0, 0.05) is 24.8 Å². The molecule has 0 saturated carbocycles. The number of para-hydroxylation sites is 1. The lowest BCUT2D eigenvalue weighted by molar-refractivity contribution is -0.136. The van der Waals surface area contributed by atoms with Gasteiger partial charge in [-0.2, -0.15) is 4.31 Å². The molecule has 7 nitrogen and oxygen atoms in total. The summed E-state index contributed by atoms with van der Waals surface area (Å²) < 4.78 is 27.3. The SMILES string of the molecule is Cc1ccc(S(=O)(=O)N2CCC[C@H]2CNC(=O)C(=O)Nc2ccccc2C)cc1. The maximum Gasteiger partial charge on any atom is 0.313 e. The van der Waals surface area contributed by atoms with Crippen LogP contribution in [-0.4, -0.2) is 43.7 Å². The highest BCUT2D eigenvalue weighted by Crippen LogP contribution is 2.26. The largest absolute Gasteiger partial charge is 0.346 e. The van der Waals surface area contributed by atoms with Crippen molar-refractivity contribution >= 4 is 27.5 Å². The molecular weight excluding hydrogens is 390 g/mol. The van der Waals surface area contributed by atoms with Gasteiger partial charge in [-0.25, -0.2) is 8.42 Å². The number of sulfonamides is 1. The van der Waals surface area contributed by atoms with E-state index in [9.17, 15) is 18.0 Å². The molecule has 0 radical (unpaired) electrons. The van der Waals surface area contributed by atoms with Crippen molar-refractivity contribution in [3.05, 3.63) is 59.7 Å². The first-order valence-corrected chi connectivity index (χ1v) is 11.0. The number of carbonyl (C=O) groups is 2. The molecule has 1 atom stereocenters. The van der Waals surface area contributed by atoms with Crippen LogP contribution in [0.1, 0.15) is 24.0 Å². The summed E-state index contributed by atoms with van der Waals surface area (Å²) in [4.78, 5) is 24.6. The van der Waals surface area contributed by atoms with E-state index in [1.54, 1.807) is 36.4 Å². The Labute approximate surface area is 171 Å². The lowest BCUT2D eigenvalue weighted by Gasteiger charge is -2.24. The van der Waals surface area contributed by atoms with Crippen LogP contribution >= 0.6 is 0 Å². The molecule has 2 amide bonds. The molecule has 1 fully saturated rings. The Bertz CT molecular complexity index is 1000. The Kier molecular flexibility index (Phi) is 6.34. The van der Waals surface area contributed by atoms with Crippen molar-refractivity contribution in [2.75, 3.05) is 18.4 Å². The first-order chi connectivity index (χ1) is 13.8. The number of amides is 2. The molecule has 29 heavy (non-hydrogen) atoms. The maximum atomic E-state index is 12.9. The highest BCUT2D eigenvalue weighted by atomic mass is 32.2. The minimum Gasteiger partial charge on any atom is -0.346 e. The third-order valence-corrected chi connectivity index (χ3v) is 7.01. The molecule has 2 N–H and O–H groups in total. The highest BCUT2D eigenvalue weighted by molar-refractivity contribution is 7.89. The van der Waals surface area contributed by atoms with E-state index < -0.39 is 21.8 Å². The first-order valence-electron chi connectivity index (χ1n) is 9.52. The quantitative estimate of drug-likeness (QED) is 0.732. The van der Waals surface area contributed by atoms with Crippen LogP contribution in [0.3, 0.4) is 0 Å². The second-order valence-electron chi connectivity index (χ2n) is 7.20. The smallest absolute Gasteiger partial charge is 0.313 e. The van der Waals surface area contributed by atoms with Gasteiger partial charge in [-0.05, 0) is 50.5 Å². The van der Waals surface area contributed by atoms with Crippen LogP contribution in [0, 0.1) is 13.8 Å². The van der Waals surface area contributed by atoms with Gasteiger partial charge in [0.15, 0.2) is 0 Å². The number of carbonyl (C=O) groups excluding carboxylic acids is 2. The van der Waals surface area contributed by atoms with Crippen LogP contribution in [-0.2, 0) is 19.6 Å². The van der Waals surface area contributed by atoms with Crippen molar-refractivity contribution in [1.29, 1.82) is 0 Å². The van der Waals surface area contributed by atoms with Crippen molar-refractivity contribution in [3.8, 4) is 0 Å². The van der Waals surface area contributed by atoms with Crippen LogP contribution in [0.5, 0.6) is 0 Å². The lowest BCUT2D eigenvalue weighted by atomic mass is 10.2. The van der Waals surface area contributed by atoms with Crippen molar-refractivity contribution in [2.45, 2.75) is 37.6 Å². The van der Waals surface area contributed by atoms with E-state index in [1.807, 2.05) is 26.0 Å². The topological polar surface area (TPSA) is 95.6 Å². The number of benzene rings is 2. The molecule has 8 heteroatoms. The van der Waals surface area contributed by atoms with E-state index >= 15 is 0 Å². The zero-order chi connectivity index (χ0) is 21.0. The Balaban J connectivity index is 1.62. The summed E-state index contributed by atoms with van der Waals surface area (Å²) >= 11 is 0.